The minimum Gasteiger partial charge on any atom is -0.455 e. The molecule has 2 aromatic heterocycles. The van der Waals surface area contributed by atoms with Crippen LogP contribution in [0.25, 0.3) is 0 Å². The van der Waals surface area contributed by atoms with E-state index < -0.39 is 0 Å². The number of carbonyl (C=O) groups excluding carboxylic acids is 2. The molecular formula is C17H18N2O3. The van der Waals surface area contributed by atoms with E-state index >= 15 is 0 Å². The second-order valence-electron chi connectivity index (χ2n) is 5.58. The third-order valence-corrected chi connectivity index (χ3v) is 3.99. The molecule has 22 heavy (non-hydrogen) atoms. The first-order valence-electron chi connectivity index (χ1n) is 7.45. The van der Waals surface area contributed by atoms with Crippen LogP contribution >= 0.6 is 0 Å². The quantitative estimate of drug-likeness (QED) is 0.945. The SMILES string of the molecule is Cc1c(C(=O)NC(C)c2ccccn2)oc2c1C(=O)CCC2. The van der Waals surface area contributed by atoms with Gasteiger partial charge in [-0.1, -0.05) is 6.07 Å². The first-order valence-corrected chi connectivity index (χ1v) is 7.45. The zero-order valence-corrected chi connectivity index (χ0v) is 12.7. The van der Waals surface area contributed by atoms with Crippen molar-refractivity contribution in [2.24, 2.45) is 0 Å². The first-order chi connectivity index (χ1) is 10.6. The van der Waals surface area contributed by atoms with E-state index in [4.69, 9.17) is 4.42 Å². The van der Waals surface area contributed by atoms with Crippen LogP contribution in [0.2, 0.25) is 0 Å². The van der Waals surface area contributed by atoms with Gasteiger partial charge in [0.15, 0.2) is 11.5 Å². The number of fused-ring (bicyclic) bond motifs is 1. The summed E-state index contributed by atoms with van der Waals surface area (Å²) in [6, 6.07) is 5.33. The number of hydrogen-bond donors (Lipinski definition) is 1. The highest BCUT2D eigenvalue weighted by molar-refractivity contribution is 6.03. The van der Waals surface area contributed by atoms with Crippen LogP contribution in [0.3, 0.4) is 0 Å². The van der Waals surface area contributed by atoms with E-state index in [2.05, 4.69) is 10.3 Å². The number of amides is 1. The van der Waals surface area contributed by atoms with Gasteiger partial charge >= 0.3 is 0 Å². The standard InChI is InChI=1S/C17H18N2O3/c1-10-15-13(20)7-5-8-14(15)22-16(10)17(21)19-11(2)12-6-3-4-9-18-12/h3-4,6,9,11H,5,7-8H2,1-2H3,(H,19,21). The lowest BCUT2D eigenvalue weighted by atomic mass is 9.94. The number of rotatable bonds is 3. The van der Waals surface area contributed by atoms with Crippen LogP contribution in [-0.2, 0) is 6.42 Å². The van der Waals surface area contributed by atoms with Crippen molar-refractivity contribution in [1.82, 2.24) is 10.3 Å². The van der Waals surface area contributed by atoms with E-state index in [9.17, 15) is 9.59 Å². The molecule has 0 radical (unpaired) electrons. The highest BCUT2D eigenvalue weighted by Gasteiger charge is 2.29. The van der Waals surface area contributed by atoms with E-state index in [1.165, 1.54) is 0 Å². The van der Waals surface area contributed by atoms with Gasteiger partial charge in [-0.2, -0.15) is 0 Å². The topological polar surface area (TPSA) is 72.2 Å². The van der Waals surface area contributed by atoms with Crippen LogP contribution in [0, 0.1) is 6.92 Å². The number of ketones is 1. The number of furan rings is 1. The van der Waals surface area contributed by atoms with Gasteiger partial charge in [-0.05, 0) is 32.4 Å². The van der Waals surface area contributed by atoms with Crippen molar-refractivity contribution >= 4 is 11.7 Å². The Balaban J connectivity index is 1.83. The van der Waals surface area contributed by atoms with Crippen LogP contribution < -0.4 is 5.32 Å². The van der Waals surface area contributed by atoms with E-state index in [0.29, 0.717) is 29.7 Å². The van der Waals surface area contributed by atoms with Gasteiger partial charge in [-0.25, -0.2) is 0 Å². The van der Waals surface area contributed by atoms with E-state index in [0.717, 1.165) is 12.1 Å². The monoisotopic (exact) mass is 298 g/mol. The summed E-state index contributed by atoms with van der Waals surface area (Å²) in [5.74, 6) is 0.643. The van der Waals surface area contributed by atoms with Crippen molar-refractivity contribution in [3.8, 4) is 0 Å². The third-order valence-electron chi connectivity index (χ3n) is 3.99. The molecule has 0 bridgehead atoms. The lowest BCUT2D eigenvalue weighted by Gasteiger charge is -2.12. The van der Waals surface area contributed by atoms with Gasteiger partial charge in [-0.3, -0.25) is 14.6 Å². The Hall–Kier alpha value is -2.43. The largest absolute Gasteiger partial charge is 0.455 e. The minimum atomic E-state index is -0.308. The first kappa shape index (κ1) is 14.5. The van der Waals surface area contributed by atoms with Gasteiger partial charge < -0.3 is 9.73 Å². The average Bonchev–Trinajstić information content (AvgIpc) is 2.86. The third kappa shape index (κ3) is 2.54. The summed E-state index contributed by atoms with van der Waals surface area (Å²) in [7, 11) is 0. The molecule has 114 valence electrons. The Morgan fingerprint density at radius 2 is 2.18 bits per heavy atom. The van der Waals surface area contributed by atoms with Gasteiger partial charge in [-0.15, -0.1) is 0 Å². The number of aryl methyl sites for hydroxylation is 1. The molecule has 2 heterocycles. The summed E-state index contributed by atoms with van der Waals surface area (Å²) in [6.07, 6.45) is 3.71. The highest BCUT2D eigenvalue weighted by Crippen LogP contribution is 2.29. The molecule has 0 fully saturated rings. The Morgan fingerprint density at radius 1 is 1.36 bits per heavy atom. The fourth-order valence-electron chi connectivity index (χ4n) is 2.83. The molecule has 0 saturated heterocycles. The lowest BCUT2D eigenvalue weighted by molar-refractivity contribution is 0.0905. The predicted molar refractivity (Wildman–Crippen MR) is 80.8 cm³/mol. The summed E-state index contributed by atoms with van der Waals surface area (Å²) in [6.45, 7) is 3.63. The lowest BCUT2D eigenvalue weighted by Crippen LogP contribution is -2.27. The number of aromatic nitrogens is 1. The molecule has 1 N–H and O–H groups in total. The van der Waals surface area contributed by atoms with Crippen molar-refractivity contribution in [3.63, 3.8) is 0 Å². The second-order valence-corrected chi connectivity index (χ2v) is 5.58. The Bertz CT molecular complexity index is 719. The van der Waals surface area contributed by atoms with Gasteiger partial charge in [0.05, 0.1) is 17.3 Å². The average molecular weight is 298 g/mol. The summed E-state index contributed by atoms with van der Waals surface area (Å²) < 4.78 is 5.65. The number of hydrogen-bond acceptors (Lipinski definition) is 4. The fraction of sp³-hybridized carbons (Fsp3) is 0.353. The maximum absolute atomic E-state index is 12.4. The van der Waals surface area contributed by atoms with Gasteiger partial charge in [0.25, 0.3) is 5.91 Å². The van der Waals surface area contributed by atoms with Crippen molar-refractivity contribution in [2.45, 2.75) is 39.2 Å². The molecule has 0 spiro atoms. The van der Waals surface area contributed by atoms with E-state index in [-0.39, 0.29) is 23.5 Å². The molecule has 1 atom stereocenters. The van der Waals surface area contributed by atoms with Gasteiger partial charge in [0, 0.05) is 24.6 Å². The summed E-state index contributed by atoms with van der Waals surface area (Å²) >= 11 is 0. The molecule has 0 aliphatic heterocycles. The molecule has 0 saturated carbocycles. The van der Waals surface area contributed by atoms with Crippen LogP contribution in [0.1, 0.15) is 63.7 Å². The Labute approximate surface area is 128 Å². The zero-order chi connectivity index (χ0) is 15.7. The molecule has 5 nitrogen and oxygen atoms in total. The second kappa shape index (κ2) is 5.75. The summed E-state index contributed by atoms with van der Waals surface area (Å²) in [5, 5.41) is 2.87. The molecule has 3 rings (SSSR count). The molecule has 1 amide bonds. The van der Waals surface area contributed by atoms with Crippen LogP contribution in [-0.4, -0.2) is 16.7 Å². The van der Waals surface area contributed by atoms with Crippen molar-refractivity contribution in [1.29, 1.82) is 0 Å². The van der Waals surface area contributed by atoms with E-state index in [1.54, 1.807) is 13.1 Å². The van der Waals surface area contributed by atoms with Crippen LogP contribution in [0.5, 0.6) is 0 Å². The number of Topliss-reactive ketones (excluding diaryl/α,β-unsaturated/α-hetero) is 1. The number of nitrogens with zero attached hydrogens (tertiary/aromatic N) is 1. The van der Waals surface area contributed by atoms with Crippen molar-refractivity contribution < 1.29 is 14.0 Å². The minimum absolute atomic E-state index is 0.0688. The number of pyridine rings is 1. The van der Waals surface area contributed by atoms with E-state index in [1.807, 2.05) is 25.1 Å². The van der Waals surface area contributed by atoms with Crippen molar-refractivity contribution in [2.75, 3.05) is 0 Å². The molecule has 5 heteroatoms. The zero-order valence-electron chi connectivity index (χ0n) is 12.7. The highest BCUT2D eigenvalue weighted by atomic mass is 16.4. The maximum atomic E-state index is 12.4. The van der Waals surface area contributed by atoms with Gasteiger partial charge in [0.2, 0.25) is 0 Å². The molecular weight excluding hydrogens is 280 g/mol. The molecule has 2 aromatic rings. The summed E-state index contributed by atoms with van der Waals surface area (Å²) in [5.41, 5.74) is 2.02. The van der Waals surface area contributed by atoms with Crippen molar-refractivity contribution in [3.05, 3.63) is 52.7 Å². The molecule has 1 unspecified atom stereocenters. The van der Waals surface area contributed by atoms with Crippen LogP contribution in [0.15, 0.2) is 28.8 Å². The fourth-order valence-corrected chi connectivity index (χ4v) is 2.83. The van der Waals surface area contributed by atoms with Gasteiger partial charge in [0.1, 0.15) is 5.76 Å². The number of carbonyl (C=O) groups is 2. The summed E-state index contributed by atoms with van der Waals surface area (Å²) in [4.78, 5) is 28.6. The normalized spacial score (nSPS) is 15.3. The van der Waals surface area contributed by atoms with Crippen LogP contribution in [0.4, 0.5) is 0 Å². The molecule has 1 aliphatic carbocycles. The Kier molecular flexibility index (Phi) is 3.79. The number of nitrogens with one attached hydrogen (secondary N) is 1. The molecule has 0 aromatic carbocycles. The smallest absolute Gasteiger partial charge is 0.287 e. The molecule has 1 aliphatic rings. The maximum Gasteiger partial charge on any atom is 0.287 e. The Morgan fingerprint density at radius 3 is 2.86 bits per heavy atom. The predicted octanol–water partition coefficient (Wildman–Crippen LogP) is 2.99.